The number of Topliss-reactive ketones (excluding diaryl/α,β-unsaturated/α-hetero) is 1. The lowest BCUT2D eigenvalue weighted by atomic mass is 10.1. The molecular formula is C22H23NO4. The minimum Gasteiger partial charge on any atom is -0.447 e. The van der Waals surface area contributed by atoms with Gasteiger partial charge in [0, 0.05) is 23.6 Å². The highest BCUT2D eigenvalue weighted by Crippen LogP contribution is 2.23. The fraction of sp³-hybridized carbons (Fsp3) is 0.318. The van der Waals surface area contributed by atoms with Gasteiger partial charge in [-0.1, -0.05) is 60.2 Å². The smallest absolute Gasteiger partial charge is 0.307 e. The van der Waals surface area contributed by atoms with E-state index in [2.05, 4.69) is 5.32 Å². The average Bonchev–Trinajstić information content (AvgIpc) is 3.49. The second-order valence-electron chi connectivity index (χ2n) is 6.85. The molecule has 1 N–H and O–H groups in total. The van der Waals surface area contributed by atoms with Crippen LogP contribution < -0.4 is 5.32 Å². The van der Waals surface area contributed by atoms with Gasteiger partial charge in [-0.2, -0.15) is 0 Å². The Bertz CT molecular complexity index is 810. The number of hydrogen-bond donors (Lipinski definition) is 1. The van der Waals surface area contributed by atoms with Crippen LogP contribution in [0, 0.1) is 6.92 Å². The third kappa shape index (κ3) is 5.51. The van der Waals surface area contributed by atoms with E-state index in [-0.39, 0.29) is 30.6 Å². The van der Waals surface area contributed by atoms with Gasteiger partial charge >= 0.3 is 5.97 Å². The SMILES string of the molecule is Cc1ccc(C(=O)CCC(=O)O[C@H](C(=O)NC2CC2)c2ccccc2)cc1. The molecule has 1 saturated carbocycles. The van der Waals surface area contributed by atoms with E-state index in [0.717, 1.165) is 18.4 Å². The Labute approximate surface area is 158 Å². The molecule has 140 valence electrons. The fourth-order valence-corrected chi connectivity index (χ4v) is 2.70. The van der Waals surface area contributed by atoms with E-state index in [1.54, 1.807) is 36.4 Å². The van der Waals surface area contributed by atoms with E-state index in [0.29, 0.717) is 11.1 Å². The molecule has 2 aromatic rings. The first-order valence-electron chi connectivity index (χ1n) is 9.17. The van der Waals surface area contributed by atoms with Gasteiger partial charge in [-0.3, -0.25) is 14.4 Å². The van der Waals surface area contributed by atoms with Crippen molar-refractivity contribution in [3.8, 4) is 0 Å². The third-order valence-electron chi connectivity index (χ3n) is 4.44. The number of nitrogens with one attached hydrogen (secondary N) is 1. The Kier molecular flexibility index (Phi) is 6.01. The molecule has 0 aromatic heterocycles. The van der Waals surface area contributed by atoms with Gasteiger partial charge < -0.3 is 10.1 Å². The van der Waals surface area contributed by atoms with Gasteiger partial charge in [0.1, 0.15) is 0 Å². The summed E-state index contributed by atoms with van der Waals surface area (Å²) >= 11 is 0. The molecule has 0 saturated heterocycles. The Hall–Kier alpha value is -2.95. The summed E-state index contributed by atoms with van der Waals surface area (Å²) in [5, 5.41) is 2.87. The van der Waals surface area contributed by atoms with Crippen molar-refractivity contribution < 1.29 is 19.1 Å². The maximum absolute atomic E-state index is 12.5. The summed E-state index contributed by atoms with van der Waals surface area (Å²) in [5.74, 6) is -0.997. The maximum atomic E-state index is 12.5. The second-order valence-corrected chi connectivity index (χ2v) is 6.85. The van der Waals surface area contributed by atoms with Crippen LogP contribution in [0.1, 0.15) is 53.3 Å². The first-order chi connectivity index (χ1) is 13.0. The molecule has 1 aliphatic carbocycles. The van der Waals surface area contributed by atoms with E-state index >= 15 is 0 Å². The van der Waals surface area contributed by atoms with Gasteiger partial charge in [-0.05, 0) is 19.8 Å². The van der Waals surface area contributed by atoms with Gasteiger partial charge in [-0.25, -0.2) is 0 Å². The Morgan fingerprint density at radius 1 is 1.00 bits per heavy atom. The molecular weight excluding hydrogens is 342 g/mol. The lowest BCUT2D eigenvalue weighted by molar-refractivity contribution is -0.156. The molecule has 0 heterocycles. The minimum absolute atomic E-state index is 0.0493. The summed E-state index contributed by atoms with van der Waals surface area (Å²) in [7, 11) is 0. The molecule has 1 amide bonds. The summed E-state index contributed by atoms with van der Waals surface area (Å²) in [5.41, 5.74) is 2.26. The second kappa shape index (κ2) is 8.62. The molecule has 1 fully saturated rings. The standard InChI is InChI=1S/C22H23NO4/c1-15-7-9-16(10-8-15)19(24)13-14-20(25)27-21(17-5-3-2-4-6-17)22(26)23-18-11-12-18/h2-10,18,21H,11-14H2,1H3,(H,23,26)/t21-/m0/s1. The fourth-order valence-electron chi connectivity index (χ4n) is 2.70. The average molecular weight is 365 g/mol. The summed E-state index contributed by atoms with van der Waals surface area (Å²) in [6, 6.07) is 16.3. The first-order valence-corrected chi connectivity index (χ1v) is 9.17. The van der Waals surface area contributed by atoms with Crippen molar-refractivity contribution in [2.75, 3.05) is 0 Å². The van der Waals surface area contributed by atoms with E-state index < -0.39 is 12.1 Å². The summed E-state index contributed by atoms with van der Waals surface area (Å²) in [4.78, 5) is 37.0. The highest BCUT2D eigenvalue weighted by atomic mass is 16.5. The Morgan fingerprint density at radius 2 is 1.67 bits per heavy atom. The van der Waals surface area contributed by atoms with Crippen LogP contribution in [0.4, 0.5) is 0 Å². The number of amides is 1. The number of hydrogen-bond acceptors (Lipinski definition) is 4. The van der Waals surface area contributed by atoms with Gasteiger partial charge in [0.25, 0.3) is 5.91 Å². The Morgan fingerprint density at radius 3 is 2.30 bits per heavy atom. The number of ether oxygens (including phenoxy) is 1. The molecule has 0 unspecified atom stereocenters. The van der Waals surface area contributed by atoms with Crippen LogP contribution in [0.3, 0.4) is 0 Å². The minimum atomic E-state index is -0.992. The number of ketones is 1. The molecule has 3 rings (SSSR count). The van der Waals surface area contributed by atoms with Crippen molar-refractivity contribution >= 4 is 17.7 Å². The number of carbonyl (C=O) groups is 3. The molecule has 0 bridgehead atoms. The van der Waals surface area contributed by atoms with Crippen molar-refractivity contribution in [3.63, 3.8) is 0 Å². The van der Waals surface area contributed by atoms with Crippen molar-refractivity contribution in [3.05, 3.63) is 71.3 Å². The van der Waals surface area contributed by atoms with Crippen molar-refractivity contribution in [2.45, 2.75) is 44.8 Å². The van der Waals surface area contributed by atoms with E-state index in [1.165, 1.54) is 0 Å². The monoisotopic (exact) mass is 365 g/mol. The molecule has 0 radical (unpaired) electrons. The number of benzene rings is 2. The van der Waals surface area contributed by atoms with Crippen LogP contribution in [0.2, 0.25) is 0 Å². The molecule has 5 nitrogen and oxygen atoms in total. The van der Waals surface area contributed by atoms with Crippen LogP contribution >= 0.6 is 0 Å². The molecule has 0 aliphatic heterocycles. The highest BCUT2D eigenvalue weighted by Gasteiger charge is 2.30. The van der Waals surface area contributed by atoms with Crippen LogP contribution in [0.25, 0.3) is 0 Å². The molecule has 0 spiro atoms. The zero-order valence-electron chi connectivity index (χ0n) is 15.3. The highest BCUT2D eigenvalue weighted by molar-refractivity contribution is 5.97. The van der Waals surface area contributed by atoms with Gasteiger partial charge in [0.2, 0.25) is 6.10 Å². The van der Waals surface area contributed by atoms with Crippen molar-refractivity contribution in [1.82, 2.24) is 5.32 Å². The molecule has 1 aliphatic rings. The van der Waals surface area contributed by atoms with E-state index in [9.17, 15) is 14.4 Å². The van der Waals surface area contributed by atoms with Crippen molar-refractivity contribution in [1.29, 1.82) is 0 Å². The zero-order valence-corrected chi connectivity index (χ0v) is 15.3. The third-order valence-corrected chi connectivity index (χ3v) is 4.44. The normalized spacial score (nSPS) is 14.3. The number of aryl methyl sites for hydroxylation is 1. The van der Waals surface area contributed by atoms with E-state index in [4.69, 9.17) is 4.74 Å². The summed E-state index contributed by atoms with van der Waals surface area (Å²) in [6.07, 6.45) is 0.896. The van der Waals surface area contributed by atoms with Crippen molar-refractivity contribution in [2.24, 2.45) is 0 Å². The number of rotatable bonds is 8. The Balaban J connectivity index is 1.59. The van der Waals surface area contributed by atoms with E-state index in [1.807, 2.05) is 25.1 Å². The van der Waals surface area contributed by atoms with Crippen LogP contribution in [-0.2, 0) is 14.3 Å². The van der Waals surface area contributed by atoms with Gasteiger partial charge in [-0.15, -0.1) is 0 Å². The molecule has 1 atom stereocenters. The number of carbonyl (C=O) groups excluding carboxylic acids is 3. The zero-order chi connectivity index (χ0) is 19.2. The maximum Gasteiger partial charge on any atom is 0.307 e. The summed E-state index contributed by atoms with van der Waals surface area (Å²) < 4.78 is 5.43. The molecule has 5 heteroatoms. The topological polar surface area (TPSA) is 72.5 Å². The van der Waals surface area contributed by atoms with Crippen LogP contribution in [-0.4, -0.2) is 23.7 Å². The largest absolute Gasteiger partial charge is 0.447 e. The predicted octanol–water partition coefficient (Wildman–Crippen LogP) is 3.52. The quantitative estimate of drug-likeness (QED) is 0.574. The predicted molar refractivity (Wildman–Crippen MR) is 101 cm³/mol. The van der Waals surface area contributed by atoms with Gasteiger partial charge in [0.05, 0.1) is 6.42 Å². The van der Waals surface area contributed by atoms with Crippen LogP contribution in [0.5, 0.6) is 0 Å². The lowest BCUT2D eigenvalue weighted by Crippen LogP contribution is -2.33. The molecule has 27 heavy (non-hydrogen) atoms. The number of esters is 1. The molecule has 2 aromatic carbocycles. The first kappa shape index (κ1) is 18.8. The van der Waals surface area contributed by atoms with Crippen LogP contribution in [0.15, 0.2) is 54.6 Å². The lowest BCUT2D eigenvalue weighted by Gasteiger charge is -2.18. The summed E-state index contributed by atoms with van der Waals surface area (Å²) in [6.45, 7) is 1.95. The van der Waals surface area contributed by atoms with Gasteiger partial charge in [0.15, 0.2) is 5.78 Å².